The highest BCUT2D eigenvalue weighted by atomic mass is 32.1. The predicted octanol–water partition coefficient (Wildman–Crippen LogP) is 2.81. The van der Waals surface area contributed by atoms with Crippen molar-refractivity contribution in [2.75, 3.05) is 36.4 Å². The zero-order valence-corrected chi connectivity index (χ0v) is 12.8. The molecular weight excluding hydrogens is 284 g/mol. The van der Waals surface area contributed by atoms with Crippen LogP contribution in [0.3, 0.4) is 0 Å². The van der Waals surface area contributed by atoms with Crippen molar-refractivity contribution in [1.82, 2.24) is 9.88 Å². The number of amides is 2. The number of rotatable bonds is 2. The van der Waals surface area contributed by atoms with Crippen molar-refractivity contribution in [3.8, 4) is 0 Å². The van der Waals surface area contributed by atoms with Gasteiger partial charge in [-0.05, 0) is 24.6 Å². The average Bonchev–Trinajstić information content (AvgIpc) is 3.00. The van der Waals surface area contributed by atoms with Gasteiger partial charge in [-0.15, -0.1) is 11.3 Å². The van der Waals surface area contributed by atoms with Gasteiger partial charge in [0.1, 0.15) is 0 Å². The fraction of sp³-hybridized carbons (Fsp3) is 0.333. The summed E-state index contributed by atoms with van der Waals surface area (Å²) in [6.07, 6.45) is 1.69. The molecule has 1 fully saturated rings. The molecule has 0 unspecified atom stereocenters. The summed E-state index contributed by atoms with van der Waals surface area (Å²) in [6, 6.07) is 8.42. The van der Waals surface area contributed by atoms with Crippen LogP contribution in [0.25, 0.3) is 0 Å². The van der Waals surface area contributed by atoms with E-state index in [0.29, 0.717) is 5.13 Å². The fourth-order valence-corrected chi connectivity index (χ4v) is 2.97. The Kier molecular flexibility index (Phi) is 4.06. The Morgan fingerprint density at radius 1 is 1.29 bits per heavy atom. The monoisotopic (exact) mass is 302 g/mol. The van der Waals surface area contributed by atoms with Gasteiger partial charge in [0.05, 0.1) is 0 Å². The number of benzene rings is 1. The maximum atomic E-state index is 12.1. The van der Waals surface area contributed by atoms with Crippen molar-refractivity contribution >= 4 is 28.2 Å². The summed E-state index contributed by atoms with van der Waals surface area (Å²) < 4.78 is 0. The van der Waals surface area contributed by atoms with Crippen molar-refractivity contribution in [3.05, 3.63) is 41.4 Å². The van der Waals surface area contributed by atoms with E-state index in [1.165, 1.54) is 22.6 Å². The molecule has 2 heterocycles. The molecule has 1 aliphatic heterocycles. The van der Waals surface area contributed by atoms with Crippen LogP contribution in [0.4, 0.5) is 15.6 Å². The largest absolute Gasteiger partial charge is 0.368 e. The number of hydrogen-bond donors (Lipinski definition) is 1. The molecular formula is C15H18N4OS. The van der Waals surface area contributed by atoms with Crippen LogP contribution in [0.15, 0.2) is 35.8 Å². The van der Waals surface area contributed by atoms with Crippen LogP contribution >= 0.6 is 11.3 Å². The molecule has 5 nitrogen and oxygen atoms in total. The van der Waals surface area contributed by atoms with Gasteiger partial charge in [0.25, 0.3) is 0 Å². The second kappa shape index (κ2) is 6.13. The Labute approximate surface area is 128 Å². The van der Waals surface area contributed by atoms with E-state index in [2.05, 4.69) is 46.4 Å². The number of nitrogens with one attached hydrogen (secondary N) is 1. The molecule has 2 amide bonds. The summed E-state index contributed by atoms with van der Waals surface area (Å²) >= 11 is 1.43. The first kappa shape index (κ1) is 13.9. The molecule has 3 rings (SSSR count). The van der Waals surface area contributed by atoms with Crippen molar-refractivity contribution in [3.63, 3.8) is 0 Å². The summed E-state index contributed by atoms with van der Waals surface area (Å²) in [6.45, 7) is 5.26. The number of hydrogen-bond acceptors (Lipinski definition) is 4. The molecule has 1 aromatic heterocycles. The molecule has 21 heavy (non-hydrogen) atoms. The Balaban J connectivity index is 1.56. The number of aryl methyl sites for hydroxylation is 1. The SMILES string of the molecule is Cc1cccc(N2CCN(C(=O)Nc3nccs3)CC2)c1. The van der Waals surface area contributed by atoms with E-state index in [1.807, 2.05) is 10.3 Å². The second-order valence-corrected chi connectivity index (χ2v) is 5.98. The lowest BCUT2D eigenvalue weighted by Gasteiger charge is -2.36. The Bertz CT molecular complexity index is 606. The predicted molar refractivity (Wildman–Crippen MR) is 86.1 cm³/mol. The Morgan fingerprint density at radius 2 is 2.10 bits per heavy atom. The fourth-order valence-electron chi connectivity index (χ4n) is 2.45. The molecule has 0 aliphatic carbocycles. The number of aromatic nitrogens is 1. The molecule has 0 bridgehead atoms. The zero-order chi connectivity index (χ0) is 14.7. The molecule has 110 valence electrons. The van der Waals surface area contributed by atoms with Crippen LogP contribution in [-0.4, -0.2) is 42.1 Å². The van der Waals surface area contributed by atoms with E-state index in [0.717, 1.165) is 26.2 Å². The number of anilines is 2. The van der Waals surface area contributed by atoms with Gasteiger partial charge in [0.15, 0.2) is 5.13 Å². The van der Waals surface area contributed by atoms with Crippen LogP contribution in [0, 0.1) is 6.92 Å². The number of carbonyl (C=O) groups excluding carboxylic acids is 1. The van der Waals surface area contributed by atoms with E-state index in [1.54, 1.807) is 6.20 Å². The molecule has 6 heteroatoms. The van der Waals surface area contributed by atoms with Gasteiger partial charge in [-0.1, -0.05) is 12.1 Å². The highest BCUT2D eigenvalue weighted by Gasteiger charge is 2.21. The number of nitrogens with zero attached hydrogens (tertiary/aromatic N) is 3. The number of carbonyl (C=O) groups is 1. The lowest BCUT2D eigenvalue weighted by molar-refractivity contribution is 0.208. The molecule has 1 aliphatic rings. The Morgan fingerprint density at radius 3 is 2.76 bits per heavy atom. The molecule has 1 saturated heterocycles. The summed E-state index contributed by atoms with van der Waals surface area (Å²) in [5.74, 6) is 0. The summed E-state index contributed by atoms with van der Waals surface area (Å²) in [7, 11) is 0. The molecule has 1 aromatic carbocycles. The molecule has 0 atom stereocenters. The van der Waals surface area contributed by atoms with E-state index in [4.69, 9.17) is 0 Å². The van der Waals surface area contributed by atoms with Gasteiger partial charge in [0.2, 0.25) is 0 Å². The van der Waals surface area contributed by atoms with Crippen LogP contribution in [-0.2, 0) is 0 Å². The minimum absolute atomic E-state index is 0.0613. The van der Waals surface area contributed by atoms with Gasteiger partial charge in [-0.2, -0.15) is 0 Å². The number of piperazine rings is 1. The minimum atomic E-state index is -0.0613. The van der Waals surface area contributed by atoms with Gasteiger partial charge < -0.3 is 9.80 Å². The van der Waals surface area contributed by atoms with Crippen LogP contribution in [0.1, 0.15) is 5.56 Å². The zero-order valence-electron chi connectivity index (χ0n) is 12.0. The lowest BCUT2D eigenvalue weighted by atomic mass is 10.2. The molecule has 0 saturated carbocycles. The van der Waals surface area contributed by atoms with Crippen LogP contribution in [0.5, 0.6) is 0 Å². The first-order chi connectivity index (χ1) is 10.2. The molecule has 0 radical (unpaired) electrons. The van der Waals surface area contributed by atoms with Crippen molar-refractivity contribution in [2.24, 2.45) is 0 Å². The van der Waals surface area contributed by atoms with E-state index < -0.39 is 0 Å². The maximum absolute atomic E-state index is 12.1. The summed E-state index contributed by atoms with van der Waals surface area (Å²) in [4.78, 5) is 20.4. The van der Waals surface area contributed by atoms with Gasteiger partial charge in [-0.25, -0.2) is 9.78 Å². The third kappa shape index (κ3) is 3.33. The van der Waals surface area contributed by atoms with Crippen molar-refractivity contribution in [2.45, 2.75) is 6.92 Å². The van der Waals surface area contributed by atoms with Crippen LogP contribution in [0.2, 0.25) is 0 Å². The molecule has 2 aromatic rings. The molecule has 0 spiro atoms. The quantitative estimate of drug-likeness (QED) is 0.928. The maximum Gasteiger partial charge on any atom is 0.323 e. The second-order valence-electron chi connectivity index (χ2n) is 5.08. The van der Waals surface area contributed by atoms with Gasteiger partial charge >= 0.3 is 6.03 Å². The van der Waals surface area contributed by atoms with Crippen molar-refractivity contribution < 1.29 is 4.79 Å². The normalized spacial score (nSPS) is 15.1. The minimum Gasteiger partial charge on any atom is -0.368 e. The molecule has 1 N–H and O–H groups in total. The third-order valence-electron chi connectivity index (χ3n) is 3.58. The third-order valence-corrected chi connectivity index (χ3v) is 4.27. The van der Waals surface area contributed by atoms with Crippen molar-refractivity contribution in [1.29, 1.82) is 0 Å². The standard InChI is InChI=1S/C15H18N4OS/c1-12-3-2-4-13(11-12)18-6-8-19(9-7-18)15(20)17-14-16-5-10-21-14/h2-5,10-11H,6-9H2,1H3,(H,16,17,20). The number of urea groups is 1. The first-order valence-corrected chi connectivity index (χ1v) is 7.87. The van der Waals surface area contributed by atoms with Crippen LogP contribution < -0.4 is 10.2 Å². The summed E-state index contributed by atoms with van der Waals surface area (Å²) in [5, 5.41) is 5.34. The van der Waals surface area contributed by atoms with E-state index >= 15 is 0 Å². The highest BCUT2D eigenvalue weighted by Crippen LogP contribution is 2.18. The lowest BCUT2D eigenvalue weighted by Crippen LogP contribution is -2.50. The average molecular weight is 302 g/mol. The van der Waals surface area contributed by atoms with Gasteiger partial charge in [0, 0.05) is 43.4 Å². The topological polar surface area (TPSA) is 48.5 Å². The number of thiazole rings is 1. The summed E-state index contributed by atoms with van der Waals surface area (Å²) in [5.41, 5.74) is 2.49. The smallest absolute Gasteiger partial charge is 0.323 e. The van der Waals surface area contributed by atoms with Gasteiger partial charge in [-0.3, -0.25) is 5.32 Å². The first-order valence-electron chi connectivity index (χ1n) is 6.99. The highest BCUT2D eigenvalue weighted by molar-refractivity contribution is 7.13. The Hall–Kier alpha value is -2.08. The van der Waals surface area contributed by atoms with E-state index in [9.17, 15) is 4.79 Å². The van der Waals surface area contributed by atoms with E-state index in [-0.39, 0.29) is 6.03 Å².